The number of nitrogens with one attached hydrogen (secondary N) is 2. The Kier molecular flexibility index (Phi) is 7.31. The number of nitrogens with zero attached hydrogens (tertiary/aromatic N) is 2. The average molecular weight is 483 g/mol. The summed E-state index contributed by atoms with van der Waals surface area (Å²) in [6, 6.07) is 13.2. The third-order valence-corrected chi connectivity index (χ3v) is 7.54. The third kappa shape index (κ3) is 5.30. The van der Waals surface area contributed by atoms with Crippen LogP contribution in [0.3, 0.4) is 0 Å². The van der Waals surface area contributed by atoms with Gasteiger partial charge in [-0.05, 0) is 49.1 Å². The number of aliphatic imine (C=N–C) groups is 1. The van der Waals surface area contributed by atoms with E-state index in [9.17, 15) is 18.0 Å². The van der Waals surface area contributed by atoms with E-state index in [1.807, 2.05) is 24.0 Å². The van der Waals surface area contributed by atoms with Crippen molar-refractivity contribution in [2.75, 3.05) is 13.1 Å². The second-order valence-electron chi connectivity index (χ2n) is 8.65. The number of likely N-dealkylation sites (tertiary alicyclic amines) is 1. The first-order chi connectivity index (χ1) is 16.4. The molecule has 2 aromatic rings. The molecular weight excluding hydrogens is 452 g/mol. The predicted octanol–water partition coefficient (Wildman–Crippen LogP) is 2.84. The Balaban J connectivity index is 1.43. The highest BCUT2D eigenvalue weighted by Crippen LogP contribution is 2.23. The van der Waals surface area contributed by atoms with Gasteiger partial charge in [0, 0.05) is 30.8 Å². The highest BCUT2D eigenvalue weighted by Gasteiger charge is 2.31. The molecule has 2 aliphatic heterocycles. The maximum Gasteiger partial charge on any atom is 0.263 e. The summed E-state index contributed by atoms with van der Waals surface area (Å²) in [4.78, 5) is 32.0. The summed E-state index contributed by atoms with van der Waals surface area (Å²) in [5.41, 5.74) is 2.01. The largest absolute Gasteiger partial charge is 0.350 e. The first-order valence-electron chi connectivity index (χ1n) is 11.7. The quantitative estimate of drug-likeness (QED) is 0.603. The van der Waals surface area contributed by atoms with Crippen molar-refractivity contribution in [1.29, 1.82) is 0 Å². The molecule has 2 amide bonds. The Bertz CT molecular complexity index is 1190. The third-order valence-electron chi connectivity index (χ3n) is 6.14. The first-order valence-corrected chi connectivity index (χ1v) is 13.2. The minimum atomic E-state index is -3.66. The van der Waals surface area contributed by atoms with Crippen molar-refractivity contribution in [2.24, 2.45) is 4.99 Å². The minimum Gasteiger partial charge on any atom is -0.350 e. The van der Waals surface area contributed by atoms with E-state index in [0.29, 0.717) is 24.1 Å². The summed E-state index contributed by atoms with van der Waals surface area (Å²) >= 11 is 0. The standard InChI is InChI=1S/C25H30N4O4S/c1-2-3-9-21(27-23-20-8-4-5-10-22(20)34(32,33)28-23)24(30)26-17-18-11-13-19(14-12-18)25(31)29-15-6-7-16-29/h4-5,8,10-14,21H,2-3,6-7,9,15-17H2,1H3,(H,26,30)(H,27,28). The average Bonchev–Trinajstić information content (AvgIpc) is 3.47. The zero-order valence-corrected chi connectivity index (χ0v) is 20.1. The van der Waals surface area contributed by atoms with E-state index in [4.69, 9.17) is 0 Å². The lowest BCUT2D eigenvalue weighted by atomic mass is 10.1. The van der Waals surface area contributed by atoms with Crippen LogP contribution in [0.4, 0.5) is 0 Å². The summed E-state index contributed by atoms with van der Waals surface area (Å²) in [6.07, 6.45) is 4.29. The molecule has 2 N–H and O–H groups in total. The molecule has 1 fully saturated rings. The zero-order valence-electron chi connectivity index (χ0n) is 19.3. The number of carbonyl (C=O) groups excluding carboxylic acids is 2. The Hall–Kier alpha value is -3.20. The summed E-state index contributed by atoms with van der Waals surface area (Å²) in [5.74, 6) is -0.0128. The van der Waals surface area contributed by atoms with E-state index in [-0.39, 0.29) is 22.5 Å². The Morgan fingerprint density at radius 3 is 2.50 bits per heavy atom. The molecule has 180 valence electrons. The van der Waals surface area contributed by atoms with Crippen molar-refractivity contribution >= 4 is 27.7 Å². The number of sulfonamides is 1. The van der Waals surface area contributed by atoms with Crippen LogP contribution >= 0.6 is 0 Å². The van der Waals surface area contributed by atoms with E-state index in [0.717, 1.165) is 44.3 Å². The van der Waals surface area contributed by atoms with Crippen molar-refractivity contribution in [3.05, 3.63) is 65.2 Å². The second-order valence-corrected chi connectivity index (χ2v) is 10.3. The lowest BCUT2D eigenvalue weighted by molar-refractivity contribution is -0.122. The van der Waals surface area contributed by atoms with Crippen molar-refractivity contribution in [3.8, 4) is 0 Å². The van der Waals surface area contributed by atoms with Crippen LogP contribution in [-0.2, 0) is 21.4 Å². The molecule has 2 aliphatic rings. The van der Waals surface area contributed by atoms with Crippen LogP contribution in [0.15, 0.2) is 58.4 Å². The second kappa shape index (κ2) is 10.4. The van der Waals surface area contributed by atoms with Crippen molar-refractivity contribution < 1.29 is 18.0 Å². The Morgan fingerprint density at radius 2 is 1.79 bits per heavy atom. The lowest BCUT2D eigenvalue weighted by Gasteiger charge is -2.16. The highest BCUT2D eigenvalue weighted by atomic mass is 32.2. The van der Waals surface area contributed by atoms with Gasteiger partial charge in [0.15, 0.2) is 0 Å². The number of unbranched alkanes of at least 4 members (excludes halogenated alkanes) is 1. The van der Waals surface area contributed by atoms with Gasteiger partial charge in [-0.2, -0.15) is 0 Å². The van der Waals surface area contributed by atoms with Crippen molar-refractivity contribution in [2.45, 2.75) is 56.5 Å². The number of amidine groups is 1. The molecule has 34 heavy (non-hydrogen) atoms. The number of fused-ring (bicyclic) bond motifs is 1. The number of amides is 2. The van der Waals surface area contributed by atoms with Crippen LogP contribution in [0.5, 0.6) is 0 Å². The smallest absolute Gasteiger partial charge is 0.263 e. The van der Waals surface area contributed by atoms with E-state index < -0.39 is 16.1 Å². The van der Waals surface area contributed by atoms with Gasteiger partial charge in [0.1, 0.15) is 11.9 Å². The van der Waals surface area contributed by atoms with E-state index in [1.165, 1.54) is 6.07 Å². The summed E-state index contributed by atoms with van der Waals surface area (Å²) < 4.78 is 27.2. The molecule has 1 atom stereocenters. The molecule has 0 bridgehead atoms. The molecule has 4 rings (SSSR count). The normalized spacial score (nSPS) is 18.4. The van der Waals surface area contributed by atoms with Gasteiger partial charge in [-0.25, -0.2) is 8.42 Å². The van der Waals surface area contributed by atoms with Crippen LogP contribution in [0.1, 0.15) is 60.5 Å². The molecule has 2 aromatic carbocycles. The van der Waals surface area contributed by atoms with Gasteiger partial charge in [-0.3, -0.25) is 19.3 Å². The van der Waals surface area contributed by atoms with Crippen LogP contribution in [-0.4, -0.2) is 50.1 Å². The van der Waals surface area contributed by atoms with Crippen LogP contribution < -0.4 is 10.0 Å². The van der Waals surface area contributed by atoms with E-state index in [2.05, 4.69) is 15.0 Å². The van der Waals surface area contributed by atoms with Gasteiger partial charge < -0.3 is 10.2 Å². The topological polar surface area (TPSA) is 108 Å². The molecule has 0 saturated carbocycles. The fourth-order valence-corrected chi connectivity index (χ4v) is 5.45. The van der Waals surface area contributed by atoms with Gasteiger partial charge in [0.25, 0.3) is 15.9 Å². The number of rotatable bonds is 8. The molecule has 1 unspecified atom stereocenters. The molecule has 0 radical (unpaired) electrons. The van der Waals surface area contributed by atoms with Crippen molar-refractivity contribution in [1.82, 2.24) is 14.9 Å². The molecule has 0 aromatic heterocycles. The van der Waals surface area contributed by atoms with Gasteiger partial charge in [0.05, 0.1) is 4.90 Å². The maximum absolute atomic E-state index is 13.0. The highest BCUT2D eigenvalue weighted by molar-refractivity contribution is 7.90. The molecule has 8 nitrogen and oxygen atoms in total. The Labute approximate surface area is 200 Å². The number of carbonyl (C=O) groups is 2. The molecule has 9 heteroatoms. The maximum atomic E-state index is 13.0. The lowest BCUT2D eigenvalue weighted by Crippen LogP contribution is -2.35. The number of hydrogen-bond donors (Lipinski definition) is 2. The summed E-state index contributed by atoms with van der Waals surface area (Å²) in [7, 11) is -3.66. The van der Waals surface area contributed by atoms with Gasteiger partial charge in [0.2, 0.25) is 5.91 Å². The molecule has 0 aliphatic carbocycles. The van der Waals surface area contributed by atoms with Crippen LogP contribution in [0.25, 0.3) is 0 Å². The molecule has 0 spiro atoms. The first kappa shape index (κ1) is 23.9. The number of benzene rings is 2. The summed E-state index contributed by atoms with van der Waals surface area (Å²) in [5, 5.41) is 2.91. The van der Waals surface area contributed by atoms with Gasteiger partial charge in [-0.15, -0.1) is 0 Å². The van der Waals surface area contributed by atoms with Crippen LogP contribution in [0.2, 0.25) is 0 Å². The SMILES string of the molecule is CCCCC(N=C1NS(=O)(=O)c2ccccc21)C(=O)NCc1ccc(C(=O)N2CCCC2)cc1. The molecule has 1 saturated heterocycles. The monoisotopic (exact) mass is 482 g/mol. The van der Waals surface area contributed by atoms with Crippen LogP contribution in [0, 0.1) is 0 Å². The zero-order chi connectivity index (χ0) is 24.1. The van der Waals surface area contributed by atoms with Crippen molar-refractivity contribution in [3.63, 3.8) is 0 Å². The number of hydrogen-bond acceptors (Lipinski definition) is 5. The predicted molar refractivity (Wildman–Crippen MR) is 130 cm³/mol. The van der Waals surface area contributed by atoms with Gasteiger partial charge in [-0.1, -0.05) is 44.0 Å². The van der Waals surface area contributed by atoms with E-state index in [1.54, 1.807) is 30.3 Å². The van der Waals surface area contributed by atoms with Gasteiger partial charge >= 0.3 is 0 Å². The Morgan fingerprint density at radius 1 is 1.09 bits per heavy atom. The summed E-state index contributed by atoms with van der Waals surface area (Å²) in [6.45, 7) is 3.94. The fourth-order valence-electron chi connectivity index (χ4n) is 4.21. The molecule has 2 heterocycles. The minimum absolute atomic E-state index is 0.0443. The fraction of sp³-hybridized carbons (Fsp3) is 0.400. The molecular formula is C25H30N4O4S. The van der Waals surface area contributed by atoms with E-state index >= 15 is 0 Å².